The third-order valence-electron chi connectivity index (χ3n) is 3.93. The van der Waals surface area contributed by atoms with E-state index in [0.717, 1.165) is 7.11 Å². The van der Waals surface area contributed by atoms with Gasteiger partial charge in [0.1, 0.15) is 12.4 Å². The van der Waals surface area contributed by atoms with Gasteiger partial charge in [0.15, 0.2) is 0 Å². The van der Waals surface area contributed by atoms with Crippen molar-refractivity contribution >= 4 is 17.8 Å². The number of esters is 1. The average Bonchev–Trinajstić information content (AvgIpc) is 2.95. The van der Waals surface area contributed by atoms with E-state index in [2.05, 4.69) is 10.1 Å². The summed E-state index contributed by atoms with van der Waals surface area (Å²) in [7, 11) is 1.16. The molecule has 2 heterocycles. The summed E-state index contributed by atoms with van der Waals surface area (Å²) in [5, 5.41) is 14.0. The molecule has 9 heteroatoms. The van der Waals surface area contributed by atoms with Gasteiger partial charge in [-0.15, -0.1) is 0 Å². The molecule has 1 aromatic carbocycles. The number of non-ortho nitro benzene ring substituents is 1. The van der Waals surface area contributed by atoms with Crippen LogP contribution in [0.5, 0.6) is 0 Å². The van der Waals surface area contributed by atoms with E-state index in [4.69, 9.17) is 9.47 Å². The third-order valence-corrected chi connectivity index (χ3v) is 3.93. The minimum Gasteiger partial charge on any atom is -0.456 e. The lowest BCUT2D eigenvalue weighted by molar-refractivity contribution is -0.384. The molecule has 9 nitrogen and oxygen atoms in total. The fourth-order valence-corrected chi connectivity index (χ4v) is 2.85. The maximum absolute atomic E-state index is 12.2. The Morgan fingerprint density at radius 3 is 2.88 bits per heavy atom. The number of hydrogen-bond acceptors (Lipinski definition) is 8. The topological polar surface area (TPSA) is 117 Å². The van der Waals surface area contributed by atoms with Gasteiger partial charge >= 0.3 is 12.1 Å². The molecule has 0 aromatic heterocycles. The van der Waals surface area contributed by atoms with Crippen LogP contribution < -0.4 is 5.32 Å². The first kappa shape index (κ1) is 16.5. The summed E-state index contributed by atoms with van der Waals surface area (Å²) in [4.78, 5) is 34.3. The molecule has 0 saturated heterocycles. The molecule has 0 amide bonds. The zero-order valence-electron chi connectivity index (χ0n) is 13.4. The molecular weight excluding hydrogens is 332 g/mol. The average molecular weight is 346 g/mol. The van der Waals surface area contributed by atoms with Crippen LogP contribution in [0.4, 0.5) is 10.5 Å². The molecule has 1 N–H and O–H groups in total. The number of cyclic esters (lactones) is 1. The smallest absolute Gasteiger partial charge is 0.456 e. The normalized spacial score (nSPS) is 19.1. The number of benzene rings is 1. The van der Waals surface area contributed by atoms with Crippen molar-refractivity contribution in [2.45, 2.75) is 12.8 Å². The first-order chi connectivity index (χ1) is 11.9. The Hall–Kier alpha value is -3.36. The van der Waals surface area contributed by atoms with Crippen LogP contribution in [0.15, 0.2) is 47.0 Å². The van der Waals surface area contributed by atoms with Gasteiger partial charge in [-0.05, 0) is 12.5 Å². The fraction of sp³-hybridized carbons (Fsp3) is 0.250. The third kappa shape index (κ3) is 2.91. The van der Waals surface area contributed by atoms with Gasteiger partial charge in [0.25, 0.3) is 5.69 Å². The zero-order chi connectivity index (χ0) is 18.1. The number of carbonyl (C=O) groups is 2. The van der Waals surface area contributed by atoms with E-state index in [1.807, 2.05) is 0 Å². The highest BCUT2D eigenvalue weighted by Gasteiger charge is 2.41. The first-order valence-electron chi connectivity index (χ1n) is 7.30. The molecule has 2 aliphatic heterocycles. The molecule has 0 radical (unpaired) electrons. The molecule has 3 rings (SSSR count). The lowest BCUT2D eigenvalue weighted by Crippen LogP contribution is -2.28. The Balaban J connectivity index is 2.13. The molecule has 0 spiro atoms. The van der Waals surface area contributed by atoms with Crippen LogP contribution in [0.1, 0.15) is 18.4 Å². The number of nitrogens with zero attached hydrogens (tertiary/aromatic N) is 1. The van der Waals surface area contributed by atoms with Crippen molar-refractivity contribution in [1.82, 2.24) is 5.32 Å². The van der Waals surface area contributed by atoms with Crippen LogP contribution in [-0.2, 0) is 19.0 Å². The number of dihydropyridines is 1. The minimum absolute atomic E-state index is 0.0580. The van der Waals surface area contributed by atoms with Gasteiger partial charge in [-0.1, -0.05) is 12.1 Å². The van der Waals surface area contributed by atoms with Crippen LogP contribution in [-0.4, -0.2) is 30.8 Å². The molecule has 2 aliphatic rings. The molecular formula is C16H14N2O7. The van der Waals surface area contributed by atoms with E-state index >= 15 is 0 Å². The molecule has 1 unspecified atom stereocenters. The molecule has 1 atom stereocenters. The summed E-state index contributed by atoms with van der Waals surface area (Å²) < 4.78 is 14.8. The van der Waals surface area contributed by atoms with E-state index in [1.165, 1.54) is 18.2 Å². The highest BCUT2D eigenvalue weighted by molar-refractivity contribution is 5.95. The van der Waals surface area contributed by atoms with E-state index in [1.54, 1.807) is 13.0 Å². The summed E-state index contributed by atoms with van der Waals surface area (Å²) >= 11 is 0. The number of nitro groups is 1. The van der Waals surface area contributed by atoms with Crippen LogP contribution >= 0.6 is 0 Å². The van der Waals surface area contributed by atoms with Crippen LogP contribution in [0.2, 0.25) is 0 Å². The number of nitrogens with one attached hydrogen (secondary N) is 1. The van der Waals surface area contributed by atoms with Gasteiger partial charge in [-0.2, -0.15) is 0 Å². The van der Waals surface area contributed by atoms with Crippen molar-refractivity contribution in [2.24, 2.45) is 0 Å². The van der Waals surface area contributed by atoms with Crippen molar-refractivity contribution in [3.63, 3.8) is 0 Å². The second-order valence-corrected chi connectivity index (χ2v) is 5.42. The lowest BCUT2D eigenvalue weighted by Gasteiger charge is -2.27. The summed E-state index contributed by atoms with van der Waals surface area (Å²) in [5.41, 5.74) is 1.57. The first-order valence-corrected chi connectivity index (χ1v) is 7.30. The highest BCUT2D eigenvalue weighted by atomic mass is 16.7. The largest absolute Gasteiger partial charge is 0.513 e. The Morgan fingerprint density at radius 1 is 1.44 bits per heavy atom. The minimum atomic E-state index is -0.956. The number of hydrogen-bond donors (Lipinski definition) is 1. The second-order valence-electron chi connectivity index (χ2n) is 5.42. The predicted octanol–water partition coefficient (Wildman–Crippen LogP) is 2.11. The number of methoxy groups -OCH3 is 1. The number of allylic oxidation sites excluding steroid dienone is 2. The molecule has 0 bridgehead atoms. The SMILES string of the molecule is COC(=O)OC1=C(C)NC2=C(C(=O)OC2)C1c1cccc([N+](=O)[O-])c1. The standard InChI is InChI=1S/C16H14N2O7/c1-8-14(25-16(20)23-2)12(13-11(17-8)7-24-15(13)19)9-4-3-5-10(6-9)18(21)22/h3-6,12,17H,7H2,1-2H3. The predicted molar refractivity (Wildman–Crippen MR) is 83.1 cm³/mol. The Kier molecular flexibility index (Phi) is 4.14. The summed E-state index contributed by atoms with van der Waals surface area (Å²) in [6.45, 7) is 1.72. The van der Waals surface area contributed by atoms with Gasteiger partial charge in [0.05, 0.1) is 34.9 Å². The van der Waals surface area contributed by atoms with Gasteiger partial charge < -0.3 is 19.5 Å². The van der Waals surface area contributed by atoms with Gasteiger partial charge in [0, 0.05) is 12.1 Å². The van der Waals surface area contributed by atoms with E-state index in [9.17, 15) is 19.7 Å². The van der Waals surface area contributed by atoms with Gasteiger partial charge in [-0.3, -0.25) is 10.1 Å². The van der Waals surface area contributed by atoms with Crippen LogP contribution in [0.25, 0.3) is 0 Å². The maximum atomic E-state index is 12.2. The van der Waals surface area contributed by atoms with Crippen LogP contribution in [0.3, 0.4) is 0 Å². The second kappa shape index (κ2) is 6.27. The Morgan fingerprint density at radius 2 is 2.20 bits per heavy atom. The van der Waals surface area contributed by atoms with Crippen molar-refractivity contribution < 1.29 is 28.7 Å². The summed E-state index contributed by atoms with van der Waals surface area (Å²) in [6.07, 6.45) is -0.956. The molecule has 130 valence electrons. The van der Waals surface area contributed by atoms with E-state index < -0.39 is 23.0 Å². The Bertz CT molecular complexity index is 841. The maximum Gasteiger partial charge on any atom is 0.513 e. The van der Waals surface area contributed by atoms with Gasteiger partial charge in [-0.25, -0.2) is 9.59 Å². The molecule has 25 heavy (non-hydrogen) atoms. The molecule has 0 fully saturated rings. The Labute approximate surface area is 142 Å². The molecule has 0 aliphatic carbocycles. The summed E-state index contributed by atoms with van der Waals surface area (Å²) in [6, 6.07) is 5.79. The number of carbonyl (C=O) groups excluding carboxylic acids is 2. The highest BCUT2D eigenvalue weighted by Crippen LogP contribution is 2.42. The molecule has 0 saturated carbocycles. The lowest BCUT2D eigenvalue weighted by atomic mass is 9.85. The summed E-state index contributed by atoms with van der Waals surface area (Å²) in [5.74, 6) is -1.26. The van der Waals surface area contributed by atoms with E-state index in [0.29, 0.717) is 17.0 Å². The zero-order valence-corrected chi connectivity index (χ0v) is 13.4. The quantitative estimate of drug-likeness (QED) is 0.502. The number of rotatable bonds is 3. The van der Waals surface area contributed by atoms with E-state index in [-0.39, 0.29) is 23.6 Å². The van der Waals surface area contributed by atoms with Crippen molar-refractivity contribution in [2.75, 3.05) is 13.7 Å². The van der Waals surface area contributed by atoms with Crippen molar-refractivity contribution in [3.8, 4) is 0 Å². The van der Waals surface area contributed by atoms with Crippen molar-refractivity contribution in [3.05, 3.63) is 62.7 Å². The molecule has 1 aromatic rings. The number of nitro benzene ring substituents is 1. The monoisotopic (exact) mass is 346 g/mol. The fourth-order valence-electron chi connectivity index (χ4n) is 2.85. The van der Waals surface area contributed by atoms with Gasteiger partial charge in [0.2, 0.25) is 0 Å². The van der Waals surface area contributed by atoms with Crippen molar-refractivity contribution in [1.29, 1.82) is 0 Å². The van der Waals surface area contributed by atoms with Crippen LogP contribution in [0, 0.1) is 10.1 Å². The number of ether oxygens (including phenoxy) is 3.